The van der Waals surface area contributed by atoms with Gasteiger partial charge < -0.3 is 18.6 Å². The summed E-state index contributed by atoms with van der Waals surface area (Å²) in [6, 6.07) is 4.38. The Labute approximate surface area is 156 Å². The number of esters is 1. The van der Waals surface area contributed by atoms with Gasteiger partial charge in [-0.3, -0.25) is 9.59 Å². The Morgan fingerprint density at radius 3 is 2.33 bits per heavy atom. The summed E-state index contributed by atoms with van der Waals surface area (Å²) in [5, 5.41) is 0.488. The Balaban J connectivity index is 2.88. The Kier molecular flexibility index (Phi) is 6.05. The molecule has 0 saturated carbocycles. The Morgan fingerprint density at radius 2 is 1.81 bits per heavy atom. The van der Waals surface area contributed by atoms with Gasteiger partial charge in [0, 0.05) is 11.5 Å². The van der Waals surface area contributed by atoms with E-state index < -0.39 is 29.4 Å². The van der Waals surface area contributed by atoms with Crippen molar-refractivity contribution in [1.29, 1.82) is 0 Å². The number of fused-ring (bicyclic) bond motifs is 1. The van der Waals surface area contributed by atoms with E-state index in [9.17, 15) is 14.4 Å². The van der Waals surface area contributed by atoms with E-state index in [1.54, 1.807) is 19.9 Å². The Hall–Kier alpha value is -3.09. The quantitative estimate of drug-likeness (QED) is 0.417. The van der Waals surface area contributed by atoms with Crippen molar-refractivity contribution in [2.24, 2.45) is 5.92 Å². The van der Waals surface area contributed by atoms with Crippen molar-refractivity contribution < 1.29 is 28.2 Å². The van der Waals surface area contributed by atoms with Crippen molar-refractivity contribution in [1.82, 2.24) is 0 Å². The number of rotatable bonds is 7. The van der Waals surface area contributed by atoms with Crippen LogP contribution in [0.4, 0.5) is 0 Å². The standard InChI is InChI=1S/C20H22O7/c1-10(2)16(22)19(27-20(23)11(3)4)15-17-12(7-8-14(21)26-17)9-13(24-5)18(15)25-6/h7-9,11,19H,1H2,2-6H3/t19-/m1/s1. The lowest BCUT2D eigenvalue weighted by molar-refractivity contribution is -0.157. The number of ether oxygens (including phenoxy) is 3. The van der Waals surface area contributed by atoms with Gasteiger partial charge in [0.25, 0.3) is 0 Å². The second kappa shape index (κ2) is 8.07. The van der Waals surface area contributed by atoms with Gasteiger partial charge in [0.15, 0.2) is 17.6 Å². The van der Waals surface area contributed by atoms with E-state index in [2.05, 4.69) is 6.58 Å². The molecule has 0 fully saturated rings. The predicted octanol–water partition coefficient (Wildman–Crippen LogP) is 3.20. The number of carbonyl (C=O) groups is 2. The molecule has 2 rings (SSSR count). The maximum atomic E-state index is 12.8. The van der Waals surface area contributed by atoms with E-state index in [0.717, 1.165) is 0 Å². The summed E-state index contributed by atoms with van der Waals surface area (Å²) >= 11 is 0. The van der Waals surface area contributed by atoms with Gasteiger partial charge >= 0.3 is 11.6 Å². The normalized spacial score (nSPS) is 11.9. The molecule has 0 spiro atoms. The van der Waals surface area contributed by atoms with Crippen LogP contribution in [0, 0.1) is 5.92 Å². The van der Waals surface area contributed by atoms with Gasteiger partial charge in [-0.25, -0.2) is 4.79 Å². The fraction of sp³-hybridized carbons (Fsp3) is 0.350. The molecule has 0 amide bonds. The lowest BCUT2D eigenvalue weighted by atomic mass is 9.97. The van der Waals surface area contributed by atoms with E-state index >= 15 is 0 Å². The summed E-state index contributed by atoms with van der Waals surface area (Å²) in [5.41, 5.74) is -0.261. The van der Waals surface area contributed by atoms with E-state index in [4.69, 9.17) is 18.6 Å². The monoisotopic (exact) mass is 374 g/mol. The van der Waals surface area contributed by atoms with Crippen LogP contribution in [0.2, 0.25) is 0 Å². The average molecular weight is 374 g/mol. The number of hydrogen-bond donors (Lipinski definition) is 0. The SMILES string of the molecule is C=C(C)C(=O)[C@H](OC(=O)C(C)C)c1c(OC)c(OC)cc2ccc(=O)oc12. The van der Waals surface area contributed by atoms with Crippen LogP contribution in [0.1, 0.15) is 32.4 Å². The van der Waals surface area contributed by atoms with Crippen LogP contribution >= 0.6 is 0 Å². The second-order valence-corrected chi connectivity index (χ2v) is 6.31. The van der Waals surface area contributed by atoms with Gasteiger partial charge in [-0.2, -0.15) is 0 Å². The van der Waals surface area contributed by atoms with Crippen LogP contribution in [-0.2, 0) is 14.3 Å². The molecule has 0 bridgehead atoms. The van der Waals surface area contributed by atoms with E-state index in [1.807, 2.05) is 0 Å². The minimum absolute atomic E-state index is 0.0799. The summed E-state index contributed by atoms with van der Waals surface area (Å²) < 4.78 is 21.5. The van der Waals surface area contributed by atoms with Crippen LogP contribution in [0.15, 0.2) is 39.6 Å². The first-order chi connectivity index (χ1) is 12.7. The summed E-state index contributed by atoms with van der Waals surface area (Å²) in [4.78, 5) is 36.8. The zero-order chi connectivity index (χ0) is 20.3. The third-order valence-corrected chi connectivity index (χ3v) is 3.91. The van der Waals surface area contributed by atoms with Gasteiger partial charge in [0.1, 0.15) is 5.58 Å². The van der Waals surface area contributed by atoms with Crippen LogP contribution in [0.5, 0.6) is 11.5 Å². The van der Waals surface area contributed by atoms with Crippen molar-refractivity contribution in [2.75, 3.05) is 14.2 Å². The maximum Gasteiger partial charge on any atom is 0.336 e. The number of Topliss-reactive ketones (excluding diaryl/α,β-unsaturated/α-hetero) is 1. The highest BCUT2D eigenvalue weighted by Crippen LogP contribution is 2.42. The smallest absolute Gasteiger partial charge is 0.336 e. The molecule has 0 aliphatic heterocycles. The van der Waals surface area contributed by atoms with Crippen molar-refractivity contribution in [3.63, 3.8) is 0 Å². The zero-order valence-corrected chi connectivity index (χ0v) is 16.0. The number of benzene rings is 1. The highest BCUT2D eigenvalue weighted by molar-refractivity contribution is 6.02. The van der Waals surface area contributed by atoms with Crippen molar-refractivity contribution in [3.8, 4) is 11.5 Å². The lowest BCUT2D eigenvalue weighted by Gasteiger charge is -2.22. The fourth-order valence-electron chi connectivity index (χ4n) is 2.51. The van der Waals surface area contributed by atoms with E-state index in [1.165, 1.54) is 33.3 Å². The molecule has 1 aromatic carbocycles. The maximum absolute atomic E-state index is 12.8. The fourth-order valence-corrected chi connectivity index (χ4v) is 2.51. The highest BCUT2D eigenvalue weighted by Gasteiger charge is 2.34. The Bertz CT molecular complexity index is 953. The average Bonchev–Trinajstić information content (AvgIpc) is 2.63. The van der Waals surface area contributed by atoms with Crippen molar-refractivity contribution >= 4 is 22.7 Å². The van der Waals surface area contributed by atoms with E-state index in [0.29, 0.717) is 11.1 Å². The van der Waals surface area contributed by atoms with Crippen LogP contribution in [-0.4, -0.2) is 26.0 Å². The van der Waals surface area contributed by atoms with Gasteiger partial charge in [-0.05, 0) is 24.6 Å². The molecule has 7 heteroatoms. The highest BCUT2D eigenvalue weighted by atomic mass is 16.6. The molecule has 0 saturated heterocycles. The first kappa shape index (κ1) is 20.2. The predicted molar refractivity (Wildman–Crippen MR) is 99.1 cm³/mol. The molecular formula is C20H22O7. The van der Waals surface area contributed by atoms with Gasteiger partial charge in [0.2, 0.25) is 5.78 Å². The molecule has 0 unspecified atom stereocenters. The number of carbonyl (C=O) groups excluding carboxylic acids is 2. The summed E-state index contributed by atoms with van der Waals surface area (Å²) in [7, 11) is 2.81. The van der Waals surface area contributed by atoms with Crippen LogP contribution in [0.3, 0.4) is 0 Å². The lowest BCUT2D eigenvalue weighted by Crippen LogP contribution is -2.24. The molecule has 7 nitrogen and oxygen atoms in total. The minimum atomic E-state index is -1.39. The van der Waals surface area contributed by atoms with Gasteiger partial charge in [-0.15, -0.1) is 0 Å². The minimum Gasteiger partial charge on any atom is -0.493 e. The largest absolute Gasteiger partial charge is 0.493 e. The molecule has 1 atom stereocenters. The molecule has 1 heterocycles. The third kappa shape index (κ3) is 4.02. The molecular weight excluding hydrogens is 352 g/mol. The molecule has 0 N–H and O–H groups in total. The van der Waals surface area contributed by atoms with Crippen molar-refractivity contribution in [2.45, 2.75) is 26.9 Å². The summed E-state index contributed by atoms with van der Waals surface area (Å²) in [6.07, 6.45) is -1.39. The first-order valence-corrected chi connectivity index (χ1v) is 8.30. The first-order valence-electron chi connectivity index (χ1n) is 8.30. The van der Waals surface area contributed by atoms with E-state index in [-0.39, 0.29) is 22.5 Å². The Morgan fingerprint density at radius 1 is 1.15 bits per heavy atom. The molecule has 0 aliphatic rings. The molecule has 144 valence electrons. The third-order valence-electron chi connectivity index (χ3n) is 3.91. The van der Waals surface area contributed by atoms with Gasteiger partial charge in [-0.1, -0.05) is 20.4 Å². The summed E-state index contributed by atoms with van der Waals surface area (Å²) in [5.74, 6) is -1.17. The molecule has 27 heavy (non-hydrogen) atoms. The van der Waals surface area contributed by atoms with Crippen LogP contribution < -0.4 is 15.1 Å². The molecule has 2 aromatic rings. The molecule has 0 aliphatic carbocycles. The second-order valence-electron chi connectivity index (χ2n) is 6.31. The number of ketones is 1. The van der Waals surface area contributed by atoms with Crippen LogP contribution in [0.25, 0.3) is 11.0 Å². The molecule has 1 aromatic heterocycles. The number of hydrogen-bond acceptors (Lipinski definition) is 7. The zero-order valence-electron chi connectivity index (χ0n) is 16.0. The van der Waals surface area contributed by atoms with Gasteiger partial charge in [0.05, 0.1) is 25.7 Å². The summed E-state index contributed by atoms with van der Waals surface area (Å²) in [6.45, 7) is 8.44. The topological polar surface area (TPSA) is 92.0 Å². The number of methoxy groups -OCH3 is 2. The van der Waals surface area contributed by atoms with Crippen molar-refractivity contribution in [3.05, 3.63) is 46.3 Å². The molecule has 0 radical (unpaired) electrons.